The minimum absolute atomic E-state index is 0.0237. The molecule has 0 N–H and O–H groups in total. The number of benzene rings is 3. The first-order chi connectivity index (χ1) is 15.0. The van der Waals surface area contributed by atoms with Gasteiger partial charge in [0.15, 0.2) is 0 Å². The molecule has 1 heterocycles. The Kier molecular flexibility index (Phi) is 5.66. The van der Waals surface area contributed by atoms with Crippen LogP contribution < -0.4 is 14.9 Å². The van der Waals surface area contributed by atoms with Crippen molar-refractivity contribution < 1.29 is 18.8 Å². The van der Waals surface area contributed by atoms with Crippen molar-refractivity contribution in [3.05, 3.63) is 104 Å². The second-order valence-electron chi connectivity index (χ2n) is 6.90. The van der Waals surface area contributed by atoms with Crippen molar-refractivity contribution in [3.63, 3.8) is 0 Å². The molecule has 7 heteroatoms. The van der Waals surface area contributed by atoms with Gasteiger partial charge >= 0.3 is 0 Å². The van der Waals surface area contributed by atoms with E-state index in [0.717, 1.165) is 12.0 Å². The van der Waals surface area contributed by atoms with Crippen LogP contribution in [0.25, 0.3) is 11.0 Å². The van der Waals surface area contributed by atoms with E-state index in [1.165, 1.54) is 24.0 Å². The van der Waals surface area contributed by atoms with Gasteiger partial charge in [-0.3, -0.25) is 14.9 Å². The molecule has 156 valence electrons. The van der Waals surface area contributed by atoms with Crippen LogP contribution in [0, 0.1) is 10.1 Å². The van der Waals surface area contributed by atoms with E-state index in [1.807, 2.05) is 24.3 Å². The zero-order valence-electron chi connectivity index (χ0n) is 16.7. The van der Waals surface area contributed by atoms with E-state index < -0.39 is 4.92 Å². The first-order valence-electron chi connectivity index (χ1n) is 9.72. The summed E-state index contributed by atoms with van der Waals surface area (Å²) < 4.78 is 17.0. The van der Waals surface area contributed by atoms with Crippen LogP contribution in [0.2, 0.25) is 0 Å². The highest BCUT2D eigenvalue weighted by atomic mass is 16.6. The van der Waals surface area contributed by atoms with Crippen LogP contribution in [0.15, 0.2) is 82.2 Å². The van der Waals surface area contributed by atoms with Crippen LogP contribution in [0.4, 0.5) is 5.69 Å². The summed E-state index contributed by atoms with van der Waals surface area (Å²) in [5.74, 6) is 1.18. The molecule has 0 bridgehead atoms. The van der Waals surface area contributed by atoms with E-state index in [9.17, 15) is 14.9 Å². The molecule has 0 spiro atoms. The summed E-state index contributed by atoms with van der Waals surface area (Å²) in [5, 5.41) is 11.1. The van der Waals surface area contributed by atoms with Gasteiger partial charge in [-0.2, -0.15) is 0 Å². The molecule has 0 unspecified atom stereocenters. The van der Waals surface area contributed by atoms with Gasteiger partial charge in [0.2, 0.25) is 11.2 Å². The van der Waals surface area contributed by atoms with Gasteiger partial charge in [-0.05, 0) is 53.9 Å². The molecule has 0 atom stereocenters. The first-order valence-corrected chi connectivity index (χ1v) is 9.72. The number of nitro groups is 1. The van der Waals surface area contributed by atoms with E-state index in [2.05, 4.69) is 6.92 Å². The maximum absolute atomic E-state index is 12.8. The molecule has 1 aromatic heterocycles. The van der Waals surface area contributed by atoms with Gasteiger partial charge in [-0.1, -0.05) is 19.1 Å². The third-order valence-corrected chi connectivity index (χ3v) is 4.83. The maximum atomic E-state index is 12.8. The monoisotopic (exact) mass is 417 g/mol. The lowest BCUT2D eigenvalue weighted by Crippen LogP contribution is -2.05. The fourth-order valence-corrected chi connectivity index (χ4v) is 3.05. The third kappa shape index (κ3) is 4.56. The molecule has 0 saturated carbocycles. The Morgan fingerprint density at radius 3 is 2.29 bits per heavy atom. The maximum Gasteiger partial charge on any atom is 0.269 e. The van der Waals surface area contributed by atoms with Crippen LogP contribution in [-0.4, -0.2) is 4.92 Å². The molecule has 0 aliphatic carbocycles. The van der Waals surface area contributed by atoms with Crippen molar-refractivity contribution in [1.29, 1.82) is 0 Å². The Labute approximate surface area is 177 Å². The molecule has 0 aliphatic heterocycles. The van der Waals surface area contributed by atoms with Gasteiger partial charge in [0, 0.05) is 18.2 Å². The lowest BCUT2D eigenvalue weighted by molar-refractivity contribution is -0.384. The molecule has 4 aromatic rings. The Morgan fingerprint density at radius 2 is 1.61 bits per heavy atom. The Hall–Kier alpha value is -4.13. The highest BCUT2D eigenvalue weighted by Crippen LogP contribution is 2.25. The van der Waals surface area contributed by atoms with Crippen LogP contribution in [0.1, 0.15) is 18.1 Å². The highest BCUT2D eigenvalue weighted by molar-refractivity contribution is 5.79. The number of ether oxygens (including phenoxy) is 2. The van der Waals surface area contributed by atoms with E-state index >= 15 is 0 Å². The summed E-state index contributed by atoms with van der Waals surface area (Å²) in [7, 11) is 0. The van der Waals surface area contributed by atoms with Crippen molar-refractivity contribution in [2.24, 2.45) is 0 Å². The zero-order chi connectivity index (χ0) is 21.8. The summed E-state index contributed by atoms with van der Waals surface area (Å²) in [6.45, 7) is 2.29. The fourth-order valence-electron chi connectivity index (χ4n) is 3.05. The molecule has 7 nitrogen and oxygen atoms in total. The van der Waals surface area contributed by atoms with E-state index in [4.69, 9.17) is 13.9 Å². The standard InChI is InChI=1S/C24H19NO6/c1-2-16-5-9-19(10-6-16)31-23-15-30-22-13-20(11-12-21(22)24(23)26)29-14-17-3-7-18(8-4-17)25(27)28/h3-13,15H,2,14H2,1H3. The summed E-state index contributed by atoms with van der Waals surface area (Å²) in [4.78, 5) is 23.0. The lowest BCUT2D eigenvalue weighted by Gasteiger charge is -2.08. The number of hydrogen-bond donors (Lipinski definition) is 0. The normalized spacial score (nSPS) is 10.7. The topological polar surface area (TPSA) is 91.8 Å². The Morgan fingerprint density at radius 1 is 0.935 bits per heavy atom. The Bertz CT molecular complexity index is 1280. The van der Waals surface area contributed by atoms with Crippen LogP contribution in [-0.2, 0) is 13.0 Å². The van der Waals surface area contributed by atoms with Gasteiger partial charge in [0.05, 0.1) is 10.3 Å². The van der Waals surface area contributed by atoms with Crippen LogP contribution in [0.5, 0.6) is 17.2 Å². The number of nitrogens with zero attached hydrogens (tertiary/aromatic N) is 1. The van der Waals surface area contributed by atoms with Gasteiger partial charge < -0.3 is 13.9 Å². The molecule has 0 radical (unpaired) electrons. The zero-order valence-corrected chi connectivity index (χ0v) is 16.7. The van der Waals surface area contributed by atoms with Crippen LogP contribution >= 0.6 is 0 Å². The molecule has 0 fully saturated rings. The lowest BCUT2D eigenvalue weighted by atomic mass is 10.2. The minimum atomic E-state index is -0.450. The summed E-state index contributed by atoms with van der Waals surface area (Å²) in [6, 6.07) is 18.6. The predicted molar refractivity (Wildman–Crippen MR) is 116 cm³/mol. The quantitative estimate of drug-likeness (QED) is 0.286. The molecule has 31 heavy (non-hydrogen) atoms. The number of fused-ring (bicyclic) bond motifs is 1. The average Bonchev–Trinajstić information content (AvgIpc) is 2.80. The van der Waals surface area contributed by atoms with E-state index in [-0.39, 0.29) is 23.5 Å². The van der Waals surface area contributed by atoms with Gasteiger partial charge in [0.1, 0.15) is 30.0 Å². The number of nitro benzene ring substituents is 1. The SMILES string of the molecule is CCc1ccc(Oc2coc3cc(OCc4ccc([N+](=O)[O-])cc4)ccc3c2=O)cc1. The highest BCUT2D eigenvalue weighted by Gasteiger charge is 2.11. The molecule has 0 saturated heterocycles. The van der Waals surface area contributed by atoms with Crippen molar-refractivity contribution in [2.45, 2.75) is 20.0 Å². The predicted octanol–water partition coefficient (Wildman–Crippen LogP) is 5.63. The van der Waals surface area contributed by atoms with Gasteiger partial charge in [0.25, 0.3) is 5.69 Å². The molecular formula is C24H19NO6. The molecular weight excluding hydrogens is 398 g/mol. The van der Waals surface area contributed by atoms with Crippen molar-refractivity contribution in [2.75, 3.05) is 0 Å². The summed E-state index contributed by atoms with van der Waals surface area (Å²) in [6.07, 6.45) is 2.21. The number of non-ortho nitro benzene ring substituents is 1. The molecule has 0 aliphatic rings. The minimum Gasteiger partial charge on any atom is -0.489 e. The fraction of sp³-hybridized carbons (Fsp3) is 0.125. The van der Waals surface area contributed by atoms with Gasteiger partial charge in [-0.25, -0.2) is 0 Å². The van der Waals surface area contributed by atoms with Crippen LogP contribution in [0.3, 0.4) is 0 Å². The second-order valence-corrected chi connectivity index (χ2v) is 6.90. The summed E-state index contributed by atoms with van der Waals surface area (Å²) in [5.41, 5.74) is 2.09. The molecule has 4 rings (SSSR count). The second kappa shape index (κ2) is 8.71. The largest absolute Gasteiger partial charge is 0.489 e. The summed E-state index contributed by atoms with van der Waals surface area (Å²) >= 11 is 0. The molecule has 3 aromatic carbocycles. The van der Waals surface area contributed by atoms with Crippen molar-refractivity contribution >= 4 is 16.7 Å². The number of hydrogen-bond acceptors (Lipinski definition) is 6. The average molecular weight is 417 g/mol. The first kappa shape index (κ1) is 20.2. The van der Waals surface area contributed by atoms with Crippen molar-refractivity contribution in [1.82, 2.24) is 0 Å². The van der Waals surface area contributed by atoms with E-state index in [0.29, 0.717) is 22.5 Å². The third-order valence-electron chi connectivity index (χ3n) is 4.83. The Balaban J connectivity index is 1.49. The number of aryl methyl sites for hydroxylation is 1. The number of rotatable bonds is 7. The molecule has 0 amide bonds. The van der Waals surface area contributed by atoms with E-state index in [1.54, 1.807) is 30.3 Å². The van der Waals surface area contributed by atoms with Crippen molar-refractivity contribution in [3.8, 4) is 17.2 Å². The smallest absolute Gasteiger partial charge is 0.269 e. The van der Waals surface area contributed by atoms with Gasteiger partial charge in [-0.15, -0.1) is 0 Å².